The molecule has 0 saturated carbocycles. The van der Waals surface area contributed by atoms with Crippen molar-refractivity contribution >= 4 is 17.2 Å². The van der Waals surface area contributed by atoms with Gasteiger partial charge >= 0.3 is 0 Å². The number of thiophene rings is 1. The Hall–Kier alpha value is -1.61. The molecular weight excluding hydrogens is 266 g/mol. The van der Waals surface area contributed by atoms with Crippen LogP contribution in [-0.4, -0.2) is 5.91 Å². The lowest BCUT2D eigenvalue weighted by Gasteiger charge is -2.14. The van der Waals surface area contributed by atoms with Crippen LogP contribution in [0.2, 0.25) is 0 Å². The molecule has 20 heavy (non-hydrogen) atoms. The van der Waals surface area contributed by atoms with Crippen molar-refractivity contribution in [2.45, 2.75) is 33.2 Å². The molecule has 1 atom stereocenters. The fourth-order valence-electron chi connectivity index (χ4n) is 2.17. The van der Waals surface area contributed by atoms with Gasteiger partial charge in [-0.05, 0) is 41.8 Å². The molecule has 2 rings (SSSR count). The van der Waals surface area contributed by atoms with E-state index < -0.39 is 0 Å². The third-order valence-corrected chi connectivity index (χ3v) is 4.08. The molecule has 1 heterocycles. The molecule has 1 aromatic heterocycles. The van der Waals surface area contributed by atoms with Crippen molar-refractivity contribution in [3.63, 3.8) is 0 Å². The lowest BCUT2D eigenvalue weighted by molar-refractivity contribution is 0.0944. The largest absolute Gasteiger partial charge is 0.345 e. The van der Waals surface area contributed by atoms with Crippen molar-refractivity contribution in [3.05, 3.63) is 57.8 Å². The van der Waals surface area contributed by atoms with Gasteiger partial charge in [-0.25, -0.2) is 0 Å². The molecule has 1 N–H and O–H groups in total. The van der Waals surface area contributed by atoms with Crippen LogP contribution in [0, 0.1) is 5.92 Å². The summed E-state index contributed by atoms with van der Waals surface area (Å²) in [6, 6.07) is 12.3. The second-order valence-corrected chi connectivity index (χ2v) is 6.46. The first kappa shape index (κ1) is 14.8. The molecular formula is C17H21NOS. The van der Waals surface area contributed by atoms with Crippen LogP contribution in [0.15, 0.2) is 41.8 Å². The van der Waals surface area contributed by atoms with Crippen LogP contribution in [0.1, 0.15) is 47.6 Å². The Morgan fingerprint density at radius 2 is 1.85 bits per heavy atom. The van der Waals surface area contributed by atoms with Crippen LogP contribution in [0.5, 0.6) is 0 Å². The second kappa shape index (κ2) is 6.71. The number of benzene rings is 1. The van der Waals surface area contributed by atoms with Gasteiger partial charge in [0.2, 0.25) is 0 Å². The molecule has 106 valence electrons. The standard InChI is InChI=1S/C17H21NOS/c1-12(2)11-14-6-8-15(9-7-14)13(3)18-17(19)16-5-4-10-20-16/h4-10,12-13H,11H2,1-3H3,(H,18,19)/t13-/m1/s1. The third-order valence-electron chi connectivity index (χ3n) is 3.22. The van der Waals surface area contributed by atoms with E-state index in [-0.39, 0.29) is 11.9 Å². The van der Waals surface area contributed by atoms with Gasteiger partial charge in [-0.15, -0.1) is 11.3 Å². The fraction of sp³-hybridized carbons (Fsp3) is 0.353. The Kier molecular flexibility index (Phi) is 4.96. The maximum atomic E-state index is 12.0. The Morgan fingerprint density at radius 3 is 2.40 bits per heavy atom. The van der Waals surface area contributed by atoms with Crippen molar-refractivity contribution in [2.75, 3.05) is 0 Å². The molecule has 0 aliphatic carbocycles. The summed E-state index contributed by atoms with van der Waals surface area (Å²) in [5, 5.41) is 4.95. The lowest BCUT2D eigenvalue weighted by atomic mass is 10.00. The molecule has 0 radical (unpaired) electrons. The van der Waals surface area contributed by atoms with Crippen molar-refractivity contribution in [2.24, 2.45) is 5.92 Å². The number of carbonyl (C=O) groups excluding carboxylic acids is 1. The van der Waals surface area contributed by atoms with Gasteiger partial charge in [0.1, 0.15) is 0 Å². The molecule has 3 heteroatoms. The summed E-state index contributed by atoms with van der Waals surface area (Å²) in [6.07, 6.45) is 1.09. The number of amides is 1. The van der Waals surface area contributed by atoms with Gasteiger partial charge in [-0.3, -0.25) is 4.79 Å². The van der Waals surface area contributed by atoms with Crippen LogP contribution < -0.4 is 5.32 Å². The van der Waals surface area contributed by atoms with Crippen LogP contribution in [0.25, 0.3) is 0 Å². The van der Waals surface area contributed by atoms with Gasteiger partial charge < -0.3 is 5.32 Å². The zero-order valence-corrected chi connectivity index (χ0v) is 13.0. The zero-order valence-electron chi connectivity index (χ0n) is 12.2. The zero-order chi connectivity index (χ0) is 14.5. The quantitative estimate of drug-likeness (QED) is 0.865. The highest BCUT2D eigenvalue weighted by atomic mass is 32.1. The predicted octanol–water partition coefficient (Wildman–Crippen LogP) is 4.44. The van der Waals surface area contributed by atoms with E-state index in [0.29, 0.717) is 5.92 Å². The molecule has 2 nitrogen and oxygen atoms in total. The van der Waals surface area contributed by atoms with Crippen LogP contribution in [-0.2, 0) is 6.42 Å². The molecule has 0 aliphatic heterocycles. The van der Waals surface area contributed by atoms with Gasteiger partial charge in [0.15, 0.2) is 0 Å². The molecule has 0 fully saturated rings. The summed E-state index contributed by atoms with van der Waals surface area (Å²) < 4.78 is 0. The lowest BCUT2D eigenvalue weighted by Crippen LogP contribution is -2.25. The molecule has 0 bridgehead atoms. The van der Waals surface area contributed by atoms with E-state index in [4.69, 9.17) is 0 Å². The molecule has 0 saturated heterocycles. The number of hydrogen-bond acceptors (Lipinski definition) is 2. The van der Waals surface area contributed by atoms with Crippen molar-refractivity contribution in [1.82, 2.24) is 5.32 Å². The maximum absolute atomic E-state index is 12.0. The van der Waals surface area contributed by atoms with Crippen LogP contribution >= 0.6 is 11.3 Å². The normalized spacial score (nSPS) is 12.4. The number of hydrogen-bond donors (Lipinski definition) is 1. The monoisotopic (exact) mass is 287 g/mol. The summed E-state index contributed by atoms with van der Waals surface area (Å²) in [4.78, 5) is 12.8. The van der Waals surface area contributed by atoms with Gasteiger partial charge in [-0.1, -0.05) is 44.2 Å². The molecule has 2 aromatic rings. The van der Waals surface area contributed by atoms with E-state index in [1.54, 1.807) is 0 Å². The smallest absolute Gasteiger partial charge is 0.261 e. The Balaban J connectivity index is 1.98. The van der Waals surface area contributed by atoms with Gasteiger partial charge in [0.05, 0.1) is 10.9 Å². The number of carbonyl (C=O) groups is 1. The second-order valence-electron chi connectivity index (χ2n) is 5.51. The fourth-order valence-corrected chi connectivity index (χ4v) is 2.80. The predicted molar refractivity (Wildman–Crippen MR) is 85.2 cm³/mol. The minimum Gasteiger partial charge on any atom is -0.345 e. The third kappa shape index (κ3) is 3.94. The summed E-state index contributed by atoms with van der Waals surface area (Å²) in [6.45, 7) is 6.46. The molecule has 0 aliphatic rings. The SMILES string of the molecule is CC(C)Cc1ccc([C@@H](C)NC(=O)c2cccs2)cc1. The van der Waals surface area contributed by atoms with E-state index in [2.05, 4.69) is 43.4 Å². The first-order valence-corrected chi connectivity index (χ1v) is 7.87. The first-order chi connectivity index (χ1) is 9.56. The molecule has 0 unspecified atom stereocenters. The van der Waals surface area contributed by atoms with E-state index in [0.717, 1.165) is 16.9 Å². The minimum atomic E-state index is -0.00115. The summed E-state index contributed by atoms with van der Waals surface area (Å²) >= 11 is 1.47. The van der Waals surface area contributed by atoms with Crippen molar-refractivity contribution < 1.29 is 4.79 Å². The first-order valence-electron chi connectivity index (χ1n) is 6.99. The Morgan fingerprint density at radius 1 is 1.15 bits per heavy atom. The molecule has 0 spiro atoms. The van der Waals surface area contributed by atoms with Crippen LogP contribution in [0.4, 0.5) is 0 Å². The Labute approximate surface area is 124 Å². The topological polar surface area (TPSA) is 29.1 Å². The molecule has 1 aromatic carbocycles. The highest BCUT2D eigenvalue weighted by Gasteiger charge is 2.12. The highest BCUT2D eigenvalue weighted by Crippen LogP contribution is 2.17. The van der Waals surface area contributed by atoms with Crippen LogP contribution in [0.3, 0.4) is 0 Å². The van der Waals surface area contributed by atoms with Gasteiger partial charge in [-0.2, -0.15) is 0 Å². The maximum Gasteiger partial charge on any atom is 0.261 e. The summed E-state index contributed by atoms with van der Waals surface area (Å²) in [7, 11) is 0. The summed E-state index contributed by atoms with van der Waals surface area (Å²) in [5.41, 5.74) is 2.49. The van der Waals surface area contributed by atoms with Crippen molar-refractivity contribution in [3.8, 4) is 0 Å². The number of rotatable bonds is 5. The number of nitrogens with one attached hydrogen (secondary N) is 1. The van der Waals surface area contributed by atoms with Crippen molar-refractivity contribution in [1.29, 1.82) is 0 Å². The average Bonchev–Trinajstić information content (AvgIpc) is 2.92. The van der Waals surface area contributed by atoms with E-state index in [9.17, 15) is 4.79 Å². The van der Waals surface area contributed by atoms with Gasteiger partial charge in [0.25, 0.3) is 5.91 Å². The van der Waals surface area contributed by atoms with E-state index >= 15 is 0 Å². The van der Waals surface area contributed by atoms with Gasteiger partial charge in [0, 0.05) is 0 Å². The minimum absolute atomic E-state index is 0.00115. The van der Waals surface area contributed by atoms with E-state index in [1.807, 2.05) is 24.4 Å². The summed E-state index contributed by atoms with van der Waals surface area (Å²) in [5.74, 6) is 0.663. The Bertz CT molecular complexity index is 543. The molecule has 1 amide bonds. The van der Waals surface area contributed by atoms with E-state index in [1.165, 1.54) is 16.9 Å². The highest BCUT2D eigenvalue weighted by molar-refractivity contribution is 7.12. The average molecular weight is 287 g/mol.